The fraction of sp³-hybridized carbons (Fsp3) is 0.500. The Morgan fingerprint density at radius 1 is 1.33 bits per heavy atom. The normalized spacial score (nSPS) is 17.8. The van der Waals surface area contributed by atoms with Crippen LogP contribution in [0.15, 0.2) is 18.2 Å². The Morgan fingerprint density at radius 3 is 2.67 bits per heavy atom. The molecule has 1 atom stereocenters. The van der Waals surface area contributed by atoms with Crippen molar-refractivity contribution in [3.05, 3.63) is 34.9 Å². The van der Waals surface area contributed by atoms with Crippen LogP contribution in [0.4, 0.5) is 4.79 Å². The number of carbonyl (C=O) groups is 2. The summed E-state index contributed by atoms with van der Waals surface area (Å²) < 4.78 is 5.24. The molecule has 0 fully saturated rings. The molecule has 0 radical (unpaired) electrons. The molecule has 0 spiro atoms. The van der Waals surface area contributed by atoms with Gasteiger partial charge in [-0.05, 0) is 57.2 Å². The molecule has 1 aliphatic rings. The van der Waals surface area contributed by atoms with Crippen molar-refractivity contribution >= 4 is 12.1 Å². The third kappa shape index (κ3) is 3.97. The van der Waals surface area contributed by atoms with Crippen LogP contribution in [0.3, 0.4) is 0 Å². The van der Waals surface area contributed by atoms with Gasteiger partial charge in [0.2, 0.25) is 0 Å². The quantitative estimate of drug-likeness (QED) is 0.878. The van der Waals surface area contributed by atoms with Crippen LogP contribution in [0.25, 0.3) is 0 Å². The number of carboxylic acid groups (broad SMARTS) is 1. The summed E-state index contributed by atoms with van der Waals surface area (Å²) >= 11 is 0. The second kappa shape index (κ2) is 5.76. The fourth-order valence-electron chi connectivity index (χ4n) is 2.59. The maximum absolute atomic E-state index is 11.8. The van der Waals surface area contributed by atoms with E-state index in [9.17, 15) is 14.7 Å². The van der Waals surface area contributed by atoms with E-state index in [1.165, 1.54) is 0 Å². The van der Waals surface area contributed by atoms with Crippen LogP contribution >= 0.6 is 0 Å². The van der Waals surface area contributed by atoms with Crippen LogP contribution in [-0.2, 0) is 17.6 Å². The molecular formula is C16H21NO4. The highest BCUT2D eigenvalue weighted by molar-refractivity contribution is 5.90. The number of amides is 1. The third-order valence-corrected chi connectivity index (χ3v) is 3.44. The van der Waals surface area contributed by atoms with E-state index < -0.39 is 17.7 Å². The van der Waals surface area contributed by atoms with Gasteiger partial charge in [-0.25, -0.2) is 9.59 Å². The lowest BCUT2D eigenvalue weighted by atomic mass is 9.85. The molecule has 1 aliphatic carbocycles. The summed E-state index contributed by atoms with van der Waals surface area (Å²) in [4.78, 5) is 23.1. The van der Waals surface area contributed by atoms with Gasteiger partial charge >= 0.3 is 12.1 Å². The summed E-state index contributed by atoms with van der Waals surface area (Å²) in [5.41, 5.74) is 1.65. The number of rotatable bonds is 2. The van der Waals surface area contributed by atoms with Gasteiger partial charge in [-0.1, -0.05) is 12.1 Å². The highest BCUT2D eigenvalue weighted by Crippen LogP contribution is 2.25. The lowest BCUT2D eigenvalue weighted by Gasteiger charge is -2.28. The number of hydrogen-bond donors (Lipinski definition) is 2. The van der Waals surface area contributed by atoms with Crippen molar-refractivity contribution in [2.45, 2.75) is 51.7 Å². The van der Waals surface area contributed by atoms with E-state index in [1.54, 1.807) is 12.1 Å². The standard InChI is InChI=1S/C16H21NO4/c1-16(2,3)21-15(20)17-11-8-7-10-5-4-6-12(14(18)19)13(10)9-11/h4-6,11H,7-9H2,1-3H3,(H,17,20)(H,18,19)/t11-/m0/s1. The summed E-state index contributed by atoms with van der Waals surface area (Å²) in [6.07, 6.45) is 1.62. The van der Waals surface area contributed by atoms with Crippen molar-refractivity contribution in [3.8, 4) is 0 Å². The van der Waals surface area contributed by atoms with Crippen LogP contribution in [0.1, 0.15) is 48.7 Å². The van der Waals surface area contributed by atoms with Gasteiger partial charge in [-0.2, -0.15) is 0 Å². The Morgan fingerprint density at radius 2 is 2.05 bits per heavy atom. The van der Waals surface area contributed by atoms with Crippen molar-refractivity contribution in [3.63, 3.8) is 0 Å². The number of carboxylic acids is 1. The first kappa shape index (κ1) is 15.4. The summed E-state index contributed by atoms with van der Waals surface area (Å²) in [5.74, 6) is -0.926. The van der Waals surface area contributed by atoms with Gasteiger partial charge in [0.1, 0.15) is 5.60 Å². The Kier molecular flexibility index (Phi) is 4.21. The molecule has 1 aromatic rings. The maximum Gasteiger partial charge on any atom is 0.407 e. The van der Waals surface area contributed by atoms with Crippen molar-refractivity contribution in [1.82, 2.24) is 5.32 Å². The Hall–Kier alpha value is -2.04. The fourth-order valence-corrected chi connectivity index (χ4v) is 2.59. The zero-order chi connectivity index (χ0) is 15.6. The number of hydrogen-bond acceptors (Lipinski definition) is 3. The number of benzene rings is 1. The van der Waals surface area contributed by atoms with Gasteiger partial charge in [0.15, 0.2) is 0 Å². The van der Waals surface area contributed by atoms with Crippen molar-refractivity contribution in [2.24, 2.45) is 0 Å². The number of fused-ring (bicyclic) bond motifs is 1. The predicted molar refractivity (Wildman–Crippen MR) is 78.6 cm³/mol. The maximum atomic E-state index is 11.8. The summed E-state index contributed by atoms with van der Waals surface area (Å²) in [5, 5.41) is 12.1. The number of aryl methyl sites for hydroxylation is 1. The minimum absolute atomic E-state index is 0.0900. The molecule has 2 rings (SSSR count). The first-order valence-corrected chi connectivity index (χ1v) is 7.10. The lowest BCUT2D eigenvalue weighted by Crippen LogP contribution is -2.42. The van der Waals surface area contributed by atoms with Gasteiger partial charge < -0.3 is 15.2 Å². The second-order valence-corrected chi connectivity index (χ2v) is 6.33. The Bertz CT molecular complexity index is 560. The number of ether oxygens (including phenoxy) is 1. The monoisotopic (exact) mass is 291 g/mol. The highest BCUT2D eigenvalue weighted by atomic mass is 16.6. The van der Waals surface area contributed by atoms with E-state index in [0.717, 1.165) is 24.0 Å². The second-order valence-electron chi connectivity index (χ2n) is 6.33. The molecule has 0 aliphatic heterocycles. The summed E-state index contributed by atoms with van der Waals surface area (Å²) in [7, 11) is 0. The van der Waals surface area contributed by atoms with Gasteiger partial charge in [-0.15, -0.1) is 0 Å². The van der Waals surface area contributed by atoms with Crippen LogP contribution in [0, 0.1) is 0 Å². The van der Waals surface area contributed by atoms with Gasteiger partial charge in [-0.3, -0.25) is 0 Å². The van der Waals surface area contributed by atoms with Gasteiger partial charge in [0.05, 0.1) is 5.56 Å². The molecule has 1 amide bonds. The summed E-state index contributed by atoms with van der Waals surface area (Å²) in [6.45, 7) is 5.43. The van der Waals surface area contributed by atoms with E-state index in [1.807, 2.05) is 26.8 Å². The van der Waals surface area contributed by atoms with E-state index in [-0.39, 0.29) is 6.04 Å². The molecule has 0 saturated carbocycles. The Labute approximate surface area is 124 Å². The molecule has 0 unspecified atom stereocenters. The number of alkyl carbamates (subject to hydrolysis) is 1. The molecule has 1 aromatic carbocycles. The van der Waals surface area contributed by atoms with Crippen LogP contribution < -0.4 is 5.32 Å². The first-order valence-electron chi connectivity index (χ1n) is 7.10. The van der Waals surface area contributed by atoms with Crippen molar-refractivity contribution in [2.75, 3.05) is 0 Å². The summed E-state index contributed by atoms with van der Waals surface area (Å²) in [6, 6.07) is 5.24. The number of nitrogens with one attached hydrogen (secondary N) is 1. The van der Waals surface area contributed by atoms with E-state index >= 15 is 0 Å². The largest absolute Gasteiger partial charge is 0.478 e. The van der Waals surface area contributed by atoms with Crippen LogP contribution in [0.5, 0.6) is 0 Å². The van der Waals surface area contributed by atoms with Crippen LogP contribution in [0.2, 0.25) is 0 Å². The van der Waals surface area contributed by atoms with Crippen molar-refractivity contribution < 1.29 is 19.4 Å². The molecule has 0 heterocycles. The smallest absolute Gasteiger partial charge is 0.407 e. The number of carbonyl (C=O) groups excluding carboxylic acids is 1. The molecular weight excluding hydrogens is 270 g/mol. The molecule has 114 valence electrons. The van der Waals surface area contributed by atoms with Gasteiger partial charge in [0.25, 0.3) is 0 Å². The molecule has 0 bridgehead atoms. The SMILES string of the molecule is CC(C)(C)OC(=O)N[C@H]1CCc2cccc(C(=O)O)c2C1. The van der Waals surface area contributed by atoms with E-state index in [0.29, 0.717) is 12.0 Å². The lowest BCUT2D eigenvalue weighted by molar-refractivity contribution is 0.0500. The third-order valence-electron chi connectivity index (χ3n) is 3.44. The predicted octanol–water partition coefficient (Wildman–Crippen LogP) is 2.77. The molecule has 5 nitrogen and oxygen atoms in total. The average Bonchev–Trinajstić information content (AvgIpc) is 2.35. The first-order chi connectivity index (χ1) is 9.76. The molecule has 5 heteroatoms. The minimum atomic E-state index is -0.926. The Balaban J connectivity index is 2.09. The van der Waals surface area contributed by atoms with E-state index in [2.05, 4.69) is 5.32 Å². The topological polar surface area (TPSA) is 75.6 Å². The molecule has 2 N–H and O–H groups in total. The minimum Gasteiger partial charge on any atom is -0.478 e. The van der Waals surface area contributed by atoms with Crippen LogP contribution in [-0.4, -0.2) is 28.8 Å². The van der Waals surface area contributed by atoms with Gasteiger partial charge in [0, 0.05) is 6.04 Å². The molecule has 21 heavy (non-hydrogen) atoms. The zero-order valence-corrected chi connectivity index (χ0v) is 12.6. The number of aromatic carboxylic acids is 1. The molecule has 0 aromatic heterocycles. The average molecular weight is 291 g/mol. The highest BCUT2D eigenvalue weighted by Gasteiger charge is 2.26. The van der Waals surface area contributed by atoms with Crippen molar-refractivity contribution in [1.29, 1.82) is 0 Å². The van der Waals surface area contributed by atoms with E-state index in [4.69, 9.17) is 4.74 Å². The zero-order valence-electron chi connectivity index (χ0n) is 12.6. The molecule has 0 saturated heterocycles.